The van der Waals surface area contributed by atoms with E-state index in [9.17, 15) is 4.79 Å². The van der Waals surface area contributed by atoms with E-state index >= 15 is 0 Å². The van der Waals surface area contributed by atoms with Crippen LogP contribution in [0.15, 0.2) is 42.0 Å². The van der Waals surface area contributed by atoms with Crippen molar-refractivity contribution in [1.29, 1.82) is 0 Å². The summed E-state index contributed by atoms with van der Waals surface area (Å²) >= 11 is 5.54. The minimum absolute atomic E-state index is 0.111. The molecule has 15 heavy (non-hydrogen) atoms. The summed E-state index contributed by atoms with van der Waals surface area (Å²) in [6.07, 6.45) is 1.78. The van der Waals surface area contributed by atoms with Crippen molar-refractivity contribution < 1.29 is 4.79 Å². The van der Waals surface area contributed by atoms with Crippen molar-refractivity contribution in [3.63, 3.8) is 0 Å². The van der Waals surface area contributed by atoms with E-state index in [-0.39, 0.29) is 5.91 Å². The van der Waals surface area contributed by atoms with Crippen molar-refractivity contribution in [2.24, 2.45) is 0 Å². The van der Waals surface area contributed by atoms with E-state index in [1.807, 2.05) is 35.2 Å². The van der Waals surface area contributed by atoms with Gasteiger partial charge in [0.25, 0.3) is 5.91 Å². The number of rotatable bonds is 3. The van der Waals surface area contributed by atoms with Crippen LogP contribution in [-0.4, -0.2) is 23.2 Å². The molecular weight excluding hydrogens is 210 g/mol. The Bertz CT molecular complexity index is 386. The molecule has 0 aliphatic carbocycles. The second-order valence-electron chi connectivity index (χ2n) is 3.53. The first kappa shape index (κ1) is 10.2. The molecule has 0 bridgehead atoms. The molecule has 0 spiro atoms. The Hall–Kier alpha value is -1.28. The minimum Gasteiger partial charge on any atom is -0.330 e. The second-order valence-corrected chi connectivity index (χ2v) is 3.84. The van der Waals surface area contributed by atoms with E-state index < -0.39 is 0 Å². The molecule has 0 atom stereocenters. The number of carbonyl (C=O) groups is 1. The van der Waals surface area contributed by atoms with Crippen molar-refractivity contribution in [3.05, 3.63) is 47.5 Å². The molecule has 78 valence electrons. The summed E-state index contributed by atoms with van der Waals surface area (Å²) in [5, 5.41) is 0. The van der Waals surface area contributed by atoms with Gasteiger partial charge in [-0.3, -0.25) is 4.79 Å². The number of β-lactam (4-membered cyclic amide) rings is 1. The summed E-state index contributed by atoms with van der Waals surface area (Å²) in [5.74, 6) is 0.528. The number of hydrogen-bond acceptors (Lipinski definition) is 1. The van der Waals surface area contributed by atoms with Crippen molar-refractivity contribution in [1.82, 2.24) is 4.90 Å². The van der Waals surface area contributed by atoms with Crippen LogP contribution < -0.4 is 0 Å². The molecule has 1 aromatic rings. The molecule has 0 radical (unpaired) electrons. The molecule has 1 aliphatic heterocycles. The standard InChI is InChI=1S/C12H12ClNO/c13-7-6-11-9-14(12(11)15)8-10-4-2-1-3-5-10/h1-6H,7-9H2/b11-6+. The number of halogens is 1. The monoisotopic (exact) mass is 221 g/mol. The van der Waals surface area contributed by atoms with Gasteiger partial charge in [-0.1, -0.05) is 36.4 Å². The molecule has 0 N–H and O–H groups in total. The highest BCUT2D eigenvalue weighted by atomic mass is 35.5. The third kappa shape index (κ3) is 2.21. The summed E-state index contributed by atoms with van der Waals surface area (Å²) in [6, 6.07) is 9.98. The predicted molar refractivity (Wildman–Crippen MR) is 60.7 cm³/mol. The third-order valence-corrected chi connectivity index (χ3v) is 2.62. The molecule has 0 aromatic heterocycles. The fraction of sp³-hybridized carbons (Fsp3) is 0.250. The first-order valence-electron chi connectivity index (χ1n) is 4.89. The lowest BCUT2D eigenvalue weighted by Gasteiger charge is -2.33. The average Bonchev–Trinajstić information content (AvgIpc) is 2.29. The smallest absolute Gasteiger partial charge is 0.251 e. The lowest BCUT2D eigenvalue weighted by Crippen LogP contribution is -2.45. The topological polar surface area (TPSA) is 20.3 Å². The van der Waals surface area contributed by atoms with Gasteiger partial charge in [0.2, 0.25) is 0 Å². The van der Waals surface area contributed by atoms with Gasteiger partial charge in [-0.15, -0.1) is 11.6 Å². The molecule has 1 fully saturated rings. The van der Waals surface area contributed by atoms with Crippen molar-refractivity contribution in [2.45, 2.75) is 6.54 Å². The maximum absolute atomic E-state index is 11.6. The van der Waals surface area contributed by atoms with Crippen LogP contribution in [0.3, 0.4) is 0 Å². The van der Waals surface area contributed by atoms with E-state index in [2.05, 4.69) is 0 Å². The molecule has 1 amide bonds. The van der Waals surface area contributed by atoms with Crippen LogP contribution in [0.25, 0.3) is 0 Å². The van der Waals surface area contributed by atoms with E-state index in [1.54, 1.807) is 6.08 Å². The first-order chi connectivity index (χ1) is 7.31. The Morgan fingerprint density at radius 2 is 2.07 bits per heavy atom. The Kier molecular flexibility index (Phi) is 3.07. The zero-order chi connectivity index (χ0) is 10.7. The minimum atomic E-state index is 0.111. The Morgan fingerprint density at radius 3 is 2.67 bits per heavy atom. The number of amides is 1. The second kappa shape index (κ2) is 4.49. The Balaban J connectivity index is 1.95. The highest BCUT2D eigenvalue weighted by Gasteiger charge is 2.29. The number of alkyl halides is 1. The van der Waals surface area contributed by atoms with E-state index in [1.165, 1.54) is 0 Å². The maximum atomic E-state index is 11.6. The lowest BCUT2D eigenvalue weighted by molar-refractivity contribution is -0.133. The van der Waals surface area contributed by atoms with Crippen LogP contribution in [0.2, 0.25) is 0 Å². The van der Waals surface area contributed by atoms with Gasteiger partial charge in [0, 0.05) is 18.0 Å². The van der Waals surface area contributed by atoms with E-state index in [0.29, 0.717) is 12.4 Å². The number of allylic oxidation sites excluding steroid dienone is 1. The van der Waals surface area contributed by atoms with Gasteiger partial charge in [-0.05, 0) is 5.56 Å². The molecule has 1 aliphatic rings. The van der Waals surface area contributed by atoms with Gasteiger partial charge in [-0.25, -0.2) is 0 Å². The number of nitrogens with zero attached hydrogens (tertiary/aromatic N) is 1. The molecule has 2 rings (SSSR count). The first-order valence-corrected chi connectivity index (χ1v) is 5.43. The van der Waals surface area contributed by atoms with E-state index in [4.69, 9.17) is 11.6 Å². The third-order valence-electron chi connectivity index (χ3n) is 2.46. The summed E-state index contributed by atoms with van der Waals surface area (Å²) in [5.41, 5.74) is 2.00. The number of carbonyl (C=O) groups excluding carboxylic acids is 1. The van der Waals surface area contributed by atoms with Crippen LogP contribution in [0.4, 0.5) is 0 Å². The molecule has 1 saturated heterocycles. The number of hydrogen-bond donors (Lipinski definition) is 0. The quantitative estimate of drug-likeness (QED) is 0.435. The maximum Gasteiger partial charge on any atom is 0.251 e. The van der Waals surface area contributed by atoms with Crippen LogP contribution in [0.1, 0.15) is 5.56 Å². The molecule has 0 unspecified atom stereocenters. The average molecular weight is 222 g/mol. The van der Waals surface area contributed by atoms with Gasteiger partial charge >= 0.3 is 0 Å². The lowest BCUT2D eigenvalue weighted by atomic mass is 10.1. The molecular formula is C12H12ClNO. The molecule has 3 heteroatoms. The van der Waals surface area contributed by atoms with Crippen molar-refractivity contribution in [2.75, 3.05) is 12.4 Å². The van der Waals surface area contributed by atoms with Crippen LogP contribution in [0.5, 0.6) is 0 Å². The van der Waals surface area contributed by atoms with Gasteiger partial charge in [0.15, 0.2) is 0 Å². The van der Waals surface area contributed by atoms with Crippen molar-refractivity contribution in [3.8, 4) is 0 Å². The van der Waals surface area contributed by atoms with Crippen LogP contribution in [0, 0.1) is 0 Å². The zero-order valence-electron chi connectivity index (χ0n) is 8.32. The SMILES string of the molecule is O=C1/C(=C/CCl)CN1Cc1ccccc1. The van der Waals surface area contributed by atoms with Crippen molar-refractivity contribution >= 4 is 17.5 Å². The fourth-order valence-electron chi connectivity index (χ4n) is 1.63. The normalized spacial score (nSPS) is 18.1. The summed E-state index contributed by atoms with van der Waals surface area (Å²) in [7, 11) is 0. The largest absolute Gasteiger partial charge is 0.330 e. The van der Waals surface area contributed by atoms with Gasteiger partial charge < -0.3 is 4.90 Å². The van der Waals surface area contributed by atoms with E-state index in [0.717, 1.165) is 17.7 Å². The number of benzene rings is 1. The summed E-state index contributed by atoms with van der Waals surface area (Å²) < 4.78 is 0. The van der Waals surface area contributed by atoms with Crippen LogP contribution in [-0.2, 0) is 11.3 Å². The van der Waals surface area contributed by atoms with Gasteiger partial charge in [0.1, 0.15) is 0 Å². The Labute approximate surface area is 94.2 Å². The van der Waals surface area contributed by atoms with Gasteiger partial charge in [-0.2, -0.15) is 0 Å². The van der Waals surface area contributed by atoms with Gasteiger partial charge in [0.05, 0.1) is 6.54 Å². The highest BCUT2D eigenvalue weighted by Crippen LogP contribution is 2.19. The number of likely N-dealkylation sites (tertiary alicyclic amines) is 1. The zero-order valence-corrected chi connectivity index (χ0v) is 9.07. The summed E-state index contributed by atoms with van der Waals surface area (Å²) in [4.78, 5) is 13.4. The molecule has 0 saturated carbocycles. The molecule has 2 nitrogen and oxygen atoms in total. The fourth-order valence-corrected chi connectivity index (χ4v) is 1.82. The van der Waals surface area contributed by atoms with Crippen LogP contribution >= 0.6 is 11.6 Å². The summed E-state index contributed by atoms with van der Waals surface area (Å²) in [6.45, 7) is 1.42. The Morgan fingerprint density at radius 1 is 1.33 bits per heavy atom. The highest BCUT2D eigenvalue weighted by molar-refractivity contribution is 6.19. The predicted octanol–water partition coefficient (Wildman–Crippen LogP) is 2.19. The molecule has 1 aromatic carbocycles. The molecule has 1 heterocycles.